The molecule has 1 aliphatic rings. The third-order valence-corrected chi connectivity index (χ3v) is 4.92. The monoisotopic (exact) mass is 342 g/mol. The zero-order chi connectivity index (χ0) is 14.6. The number of rotatable bonds is 4. The van der Waals surface area contributed by atoms with Gasteiger partial charge in [0.05, 0.1) is 0 Å². The van der Waals surface area contributed by atoms with Crippen LogP contribution in [0.2, 0.25) is 0 Å². The highest BCUT2D eigenvalue weighted by Crippen LogP contribution is 2.28. The lowest BCUT2D eigenvalue weighted by Gasteiger charge is -2.21. The highest BCUT2D eigenvalue weighted by atomic mass is 35.5. The van der Waals surface area contributed by atoms with Crippen LogP contribution in [0.25, 0.3) is 0 Å². The van der Waals surface area contributed by atoms with Crippen LogP contribution in [0.4, 0.5) is 8.78 Å². The van der Waals surface area contributed by atoms with Crippen molar-refractivity contribution in [1.82, 2.24) is 9.62 Å². The van der Waals surface area contributed by atoms with E-state index >= 15 is 0 Å². The number of halogens is 3. The molecule has 0 bridgehead atoms. The van der Waals surface area contributed by atoms with Crippen molar-refractivity contribution in [2.75, 3.05) is 26.2 Å². The lowest BCUT2D eigenvalue weighted by Crippen LogP contribution is -2.34. The van der Waals surface area contributed by atoms with Crippen molar-refractivity contribution in [3.63, 3.8) is 0 Å². The maximum absolute atomic E-state index is 12.5. The minimum Gasteiger partial charge on any atom is -0.433 e. The van der Waals surface area contributed by atoms with E-state index in [4.69, 9.17) is 0 Å². The number of alkyl halides is 2. The molecule has 0 spiro atoms. The Balaban J connectivity index is 0.00000220. The molecular weight excluding hydrogens is 326 g/mol. The molecule has 1 heterocycles. The third-order valence-electron chi connectivity index (χ3n) is 2.98. The van der Waals surface area contributed by atoms with Crippen LogP contribution in [0, 0.1) is 0 Å². The first-order valence-electron chi connectivity index (χ1n) is 6.26. The fourth-order valence-corrected chi connectivity index (χ4v) is 3.66. The Kier molecular flexibility index (Phi) is 6.79. The minimum atomic E-state index is -3.83. The summed E-state index contributed by atoms with van der Waals surface area (Å²) in [5.41, 5.74) is 0. The topological polar surface area (TPSA) is 58.6 Å². The fraction of sp³-hybridized carbons (Fsp3) is 0.500. The van der Waals surface area contributed by atoms with Gasteiger partial charge in [0, 0.05) is 19.6 Å². The van der Waals surface area contributed by atoms with Crippen molar-refractivity contribution in [3.05, 3.63) is 24.3 Å². The smallest absolute Gasteiger partial charge is 0.387 e. The van der Waals surface area contributed by atoms with E-state index in [0.29, 0.717) is 26.1 Å². The van der Waals surface area contributed by atoms with Gasteiger partial charge in [-0.25, -0.2) is 8.42 Å². The quantitative estimate of drug-likeness (QED) is 0.904. The molecule has 1 saturated heterocycles. The normalized spacial score (nSPS) is 17.1. The van der Waals surface area contributed by atoms with Gasteiger partial charge in [0.2, 0.25) is 10.0 Å². The second kappa shape index (κ2) is 7.88. The van der Waals surface area contributed by atoms with Gasteiger partial charge in [0.25, 0.3) is 0 Å². The summed E-state index contributed by atoms with van der Waals surface area (Å²) in [4.78, 5) is -0.220. The second-order valence-corrected chi connectivity index (χ2v) is 6.24. The van der Waals surface area contributed by atoms with Crippen LogP contribution in [0.15, 0.2) is 29.2 Å². The number of ether oxygens (including phenoxy) is 1. The Labute approximate surface area is 128 Å². The molecule has 1 N–H and O–H groups in total. The number of sulfonamides is 1. The molecule has 0 aromatic heterocycles. The molecule has 120 valence electrons. The summed E-state index contributed by atoms with van der Waals surface area (Å²) >= 11 is 0. The average Bonchev–Trinajstić information content (AvgIpc) is 2.67. The van der Waals surface area contributed by atoms with Gasteiger partial charge in [-0.15, -0.1) is 12.4 Å². The average molecular weight is 343 g/mol. The predicted octanol–water partition coefficient (Wildman–Crippen LogP) is 1.69. The summed E-state index contributed by atoms with van der Waals surface area (Å²) in [5, 5.41) is 3.09. The van der Waals surface area contributed by atoms with Crippen molar-refractivity contribution >= 4 is 22.4 Å². The number of nitrogens with zero attached hydrogens (tertiary/aromatic N) is 1. The van der Waals surface area contributed by atoms with E-state index in [1.807, 2.05) is 0 Å². The lowest BCUT2D eigenvalue weighted by atomic mass is 10.3. The lowest BCUT2D eigenvalue weighted by molar-refractivity contribution is -0.0517. The fourth-order valence-electron chi connectivity index (χ4n) is 2.06. The van der Waals surface area contributed by atoms with Crippen LogP contribution >= 0.6 is 12.4 Å². The van der Waals surface area contributed by atoms with E-state index in [-0.39, 0.29) is 23.1 Å². The Morgan fingerprint density at radius 1 is 1.19 bits per heavy atom. The van der Waals surface area contributed by atoms with E-state index in [1.165, 1.54) is 28.6 Å². The molecular formula is C12H17ClF2N2O3S. The summed E-state index contributed by atoms with van der Waals surface area (Å²) in [6.07, 6.45) is 0.678. The summed E-state index contributed by atoms with van der Waals surface area (Å²) in [7, 11) is -3.83. The van der Waals surface area contributed by atoms with Crippen LogP contribution in [-0.2, 0) is 10.0 Å². The Morgan fingerprint density at radius 2 is 1.90 bits per heavy atom. The molecule has 0 amide bonds. The zero-order valence-corrected chi connectivity index (χ0v) is 12.8. The first kappa shape index (κ1) is 18.1. The SMILES string of the molecule is Cl.O=S(=O)(c1ccccc1OC(F)F)N1CCCNCC1. The molecule has 0 aliphatic carbocycles. The van der Waals surface area contributed by atoms with Crippen LogP contribution in [0.5, 0.6) is 5.75 Å². The largest absolute Gasteiger partial charge is 0.433 e. The molecule has 0 atom stereocenters. The highest BCUT2D eigenvalue weighted by molar-refractivity contribution is 7.89. The number of hydrogen-bond acceptors (Lipinski definition) is 4. The van der Waals surface area contributed by atoms with Crippen LogP contribution < -0.4 is 10.1 Å². The molecule has 0 saturated carbocycles. The second-order valence-electron chi connectivity index (χ2n) is 4.33. The summed E-state index contributed by atoms with van der Waals surface area (Å²) in [5.74, 6) is -0.320. The van der Waals surface area contributed by atoms with E-state index in [2.05, 4.69) is 10.1 Å². The Hall–Kier alpha value is -0.960. The van der Waals surface area contributed by atoms with Crippen LogP contribution in [-0.4, -0.2) is 45.5 Å². The predicted molar refractivity (Wildman–Crippen MR) is 76.6 cm³/mol. The molecule has 1 fully saturated rings. The van der Waals surface area contributed by atoms with Gasteiger partial charge in [0.15, 0.2) is 0 Å². The number of nitrogens with one attached hydrogen (secondary N) is 1. The summed E-state index contributed by atoms with van der Waals surface area (Å²) in [6.45, 7) is -1.11. The van der Waals surface area contributed by atoms with Gasteiger partial charge >= 0.3 is 6.61 Å². The number of hydrogen-bond donors (Lipinski definition) is 1. The maximum Gasteiger partial charge on any atom is 0.387 e. The molecule has 2 rings (SSSR count). The summed E-state index contributed by atoms with van der Waals surface area (Å²) < 4.78 is 55.3. The van der Waals surface area contributed by atoms with Gasteiger partial charge in [-0.3, -0.25) is 0 Å². The highest BCUT2D eigenvalue weighted by Gasteiger charge is 2.28. The van der Waals surface area contributed by atoms with Crippen molar-refractivity contribution < 1.29 is 21.9 Å². The van der Waals surface area contributed by atoms with Gasteiger partial charge in [-0.1, -0.05) is 12.1 Å². The van der Waals surface area contributed by atoms with Crippen LogP contribution in [0.1, 0.15) is 6.42 Å². The first-order chi connectivity index (χ1) is 9.51. The molecule has 1 aromatic carbocycles. The van der Waals surface area contributed by atoms with Gasteiger partial charge < -0.3 is 10.1 Å². The van der Waals surface area contributed by atoms with Gasteiger partial charge in [-0.05, 0) is 25.1 Å². The van der Waals surface area contributed by atoms with E-state index < -0.39 is 16.6 Å². The van der Waals surface area contributed by atoms with Crippen molar-refractivity contribution in [2.45, 2.75) is 17.9 Å². The van der Waals surface area contributed by atoms with Crippen molar-refractivity contribution in [3.8, 4) is 5.75 Å². The molecule has 0 radical (unpaired) electrons. The van der Waals surface area contributed by atoms with Gasteiger partial charge in [0.1, 0.15) is 10.6 Å². The Morgan fingerprint density at radius 3 is 2.62 bits per heavy atom. The molecule has 9 heteroatoms. The molecule has 1 aliphatic heterocycles. The molecule has 0 unspecified atom stereocenters. The summed E-state index contributed by atoms with van der Waals surface area (Å²) in [6, 6.07) is 5.46. The van der Waals surface area contributed by atoms with Crippen molar-refractivity contribution in [1.29, 1.82) is 0 Å². The number of benzene rings is 1. The minimum absolute atomic E-state index is 0. The standard InChI is InChI=1S/C12H16F2N2O3S.ClH/c13-12(14)19-10-4-1-2-5-11(10)20(17,18)16-8-3-6-15-7-9-16;/h1-2,4-5,12,15H,3,6-9H2;1H. The van der Waals surface area contributed by atoms with E-state index in [9.17, 15) is 17.2 Å². The maximum atomic E-state index is 12.5. The number of para-hydroxylation sites is 1. The van der Waals surface area contributed by atoms with Crippen molar-refractivity contribution in [2.24, 2.45) is 0 Å². The first-order valence-corrected chi connectivity index (χ1v) is 7.70. The van der Waals surface area contributed by atoms with E-state index in [1.54, 1.807) is 0 Å². The molecule has 1 aromatic rings. The van der Waals surface area contributed by atoms with Crippen LogP contribution in [0.3, 0.4) is 0 Å². The molecule has 5 nitrogen and oxygen atoms in total. The van der Waals surface area contributed by atoms with E-state index in [0.717, 1.165) is 6.54 Å². The zero-order valence-electron chi connectivity index (χ0n) is 11.2. The molecule has 21 heavy (non-hydrogen) atoms. The Bertz CT molecular complexity index is 549. The van der Waals surface area contributed by atoms with Gasteiger partial charge in [-0.2, -0.15) is 13.1 Å². The third kappa shape index (κ3) is 4.50.